The Kier molecular flexibility index (Phi) is 5.88. The van der Waals surface area contributed by atoms with Crippen molar-refractivity contribution >= 4 is 49.3 Å². The Labute approximate surface area is 266 Å². The first-order valence-corrected chi connectivity index (χ1v) is 15.5. The predicted octanol–water partition coefficient (Wildman–Crippen LogP) is 11.8. The Balaban J connectivity index is 1.15. The molecule has 2 aromatic heterocycles. The van der Waals surface area contributed by atoms with Crippen molar-refractivity contribution in [2.75, 3.05) is 0 Å². The largest absolute Gasteiger partial charge is 0.309 e. The summed E-state index contributed by atoms with van der Waals surface area (Å²) in [7, 11) is 0. The number of aromatic nitrogens is 2. The van der Waals surface area contributed by atoms with Crippen molar-refractivity contribution in [2.45, 2.75) is 0 Å². The van der Waals surface area contributed by atoms with Gasteiger partial charge < -0.3 is 9.13 Å². The molecule has 0 aliphatic rings. The van der Waals surface area contributed by atoms with E-state index in [2.05, 4.69) is 166 Å². The van der Waals surface area contributed by atoms with Gasteiger partial charge in [0, 0.05) is 27.5 Å². The minimum absolute atomic E-state index is 0.659. The fraction of sp³-hybridized carbons (Fsp3) is 0. The van der Waals surface area contributed by atoms with E-state index < -0.39 is 0 Å². The molecule has 0 saturated carbocycles. The maximum atomic E-state index is 7.50. The van der Waals surface area contributed by atoms with E-state index >= 15 is 0 Å². The zero-order valence-corrected chi connectivity index (χ0v) is 24.9. The topological polar surface area (TPSA) is 14.2 Å². The number of fused-ring (bicyclic) bond motifs is 6. The highest BCUT2D eigenvalue weighted by atomic mass is 15.0. The number of nitrogens with zero attached hydrogens (tertiary/aromatic N) is 3. The first-order valence-electron chi connectivity index (χ1n) is 15.5. The maximum Gasteiger partial charge on any atom is 0.188 e. The maximum absolute atomic E-state index is 7.50. The molecule has 0 aliphatic heterocycles. The molecule has 0 N–H and O–H groups in total. The molecule has 0 bridgehead atoms. The van der Waals surface area contributed by atoms with Gasteiger partial charge in [-0.05, 0) is 88.3 Å². The molecule has 0 aliphatic carbocycles. The zero-order chi connectivity index (χ0) is 30.6. The van der Waals surface area contributed by atoms with Crippen LogP contribution in [0.25, 0.3) is 82.1 Å². The first kappa shape index (κ1) is 26.1. The van der Waals surface area contributed by atoms with Gasteiger partial charge in [-0.25, -0.2) is 4.85 Å². The van der Waals surface area contributed by atoms with Crippen LogP contribution in [0.1, 0.15) is 0 Å². The summed E-state index contributed by atoms with van der Waals surface area (Å²) in [5.41, 5.74) is 12.3. The Morgan fingerprint density at radius 3 is 1.59 bits per heavy atom. The molecule has 0 atom stereocenters. The van der Waals surface area contributed by atoms with Crippen LogP contribution in [0.3, 0.4) is 0 Å². The number of hydrogen-bond acceptors (Lipinski definition) is 0. The highest BCUT2D eigenvalue weighted by Gasteiger charge is 2.15. The standard InChI is InChI=1S/C43H27N3/c1-44-33-21-25-43-39(28-33)37-15-6-7-16-40(37)45(43)34-22-18-30(19-23-34)32-20-24-42-38(27-32)36-14-5-8-17-41(36)46(42)35-13-9-12-31(26-35)29-10-3-2-4-11-29/h2-28H. The van der Waals surface area contributed by atoms with Crippen molar-refractivity contribution in [1.29, 1.82) is 0 Å². The normalized spacial score (nSPS) is 11.5. The van der Waals surface area contributed by atoms with Crippen LogP contribution in [0.4, 0.5) is 5.69 Å². The average molecular weight is 586 g/mol. The molecule has 0 fully saturated rings. The van der Waals surface area contributed by atoms with Crippen LogP contribution in [-0.2, 0) is 0 Å². The molecule has 3 nitrogen and oxygen atoms in total. The third kappa shape index (κ3) is 4.05. The summed E-state index contributed by atoms with van der Waals surface area (Å²) in [6.07, 6.45) is 0. The molecule has 0 unspecified atom stereocenters. The van der Waals surface area contributed by atoms with E-state index in [1.54, 1.807) is 0 Å². The van der Waals surface area contributed by atoms with E-state index in [-0.39, 0.29) is 0 Å². The third-order valence-corrected chi connectivity index (χ3v) is 9.13. The molecule has 46 heavy (non-hydrogen) atoms. The number of rotatable bonds is 4. The van der Waals surface area contributed by atoms with Gasteiger partial charge in [0.15, 0.2) is 5.69 Å². The summed E-state index contributed by atoms with van der Waals surface area (Å²) in [5, 5.41) is 4.73. The smallest absolute Gasteiger partial charge is 0.188 e. The highest BCUT2D eigenvalue weighted by Crippen LogP contribution is 2.37. The molecular formula is C43H27N3. The van der Waals surface area contributed by atoms with Crippen LogP contribution < -0.4 is 0 Å². The Hall–Kier alpha value is -6.37. The van der Waals surface area contributed by atoms with Gasteiger partial charge in [-0.15, -0.1) is 0 Å². The zero-order valence-electron chi connectivity index (χ0n) is 24.9. The molecule has 0 amide bonds. The van der Waals surface area contributed by atoms with Crippen molar-refractivity contribution in [3.8, 4) is 33.6 Å². The van der Waals surface area contributed by atoms with Crippen LogP contribution in [0.2, 0.25) is 0 Å². The van der Waals surface area contributed by atoms with Gasteiger partial charge in [-0.2, -0.15) is 0 Å². The van der Waals surface area contributed by atoms with Crippen molar-refractivity contribution < 1.29 is 0 Å². The van der Waals surface area contributed by atoms with E-state index in [0.29, 0.717) is 5.69 Å². The lowest BCUT2D eigenvalue weighted by atomic mass is 10.0. The molecule has 214 valence electrons. The fourth-order valence-corrected chi connectivity index (χ4v) is 7.00. The Bertz CT molecular complexity index is 2630. The SMILES string of the molecule is [C-]#[N+]c1ccc2c(c1)c1ccccc1n2-c1ccc(-c2ccc3c(c2)c2ccccc2n3-c2cccc(-c3ccccc3)c2)cc1. The molecule has 9 rings (SSSR count). The second-order valence-corrected chi connectivity index (χ2v) is 11.7. The van der Waals surface area contributed by atoms with Crippen LogP contribution in [-0.4, -0.2) is 9.13 Å². The lowest BCUT2D eigenvalue weighted by molar-refractivity contribution is 1.18. The van der Waals surface area contributed by atoms with Gasteiger partial charge in [-0.1, -0.05) is 103 Å². The van der Waals surface area contributed by atoms with E-state index in [4.69, 9.17) is 6.57 Å². The summed E-state index contributed by atoms with van der Waals surface area (Å²) in [4.78, 5) is 3.67. The van der Waals surface area contributed by atoms with Gasteiger partial charge in [0.25, 0.3) is 0 Å². The molecule has 7 aromatic carbocycles. The lowest BCUT2D eigenvalue weighted by Gasteiger charge is -2.11. The summed E-state index contributed by atoms with van der Waals surface area (Å²) >= 11 is 0. The monoisotopic (exact) mass is 585 g/mol. The molecule has 0 saturated heterocycles. The van der Waals surface area contributed by atoms with E-state index in [9.17, 15) is 0 Å². The summed E-state index contributed by atoms with van der Waals surface area (Å²) in [6, 6.07) is 58.1. The molecule has 3 heteroatoms. The molecular weight excluding hydrogens is 558 g/mol. The first-order chi connectivity index (χ1) is 22.8. The van der Waals surface area contributed by atoms with Crippen LogP contribution in [0.15, 0.2) is 164 Å². The number of hydrogen-bond donors (Lipinski definition) is 0. The second-order valence-electron chi connectivity index (χ2n) is 11.7. The minimum Gasteiger partial charge on any atom is -0.309 e. The fourth-order valence-electron chi connectivity index (χ4n) is 7.00. The quantitative estimate of drug-likeness (QED) is 0.182. The van der Waals surface area contributed by atoms with Gasteiger partial charge in [0.2, 0.25) is 0 Å². The van der Waals surface area contributed by atoms with Gasteiger partial charge in [-0.3, -0.25) is 0 Å². The molecule has 9 aromatic rings. The summed E-state index contributed by atoms with van der Waals surface area (Å²) < 4.78 is 4.67. The third-order valence-electron chi connectivity index (χ3n) is 9.13. The lowest BCUT2D eigenvalue weighted by Crippen LogP contribution is -1.94. The second kappa shape index (κ2) is 10.4. The molecule has 2 heterocycles. The van der Waals surface area contributed by atoms with E-state index in [1.807, 2.05) is 12.1 Å². The van der Waals surface area contributed by atoms with Gasteiger partial charge in [0.05, 0.1) is 28.6 Å². The van der Waals surface area contributed by atoms with Gasteiger partial charge >= 0.3 is 0 Å². The Morgan fingerprint density at radius 1 is 0.348 bits per heavy atom. The number of benzene rings is 7. The van der Waals surface area contributed by atoms with Crippen molar-refractivity contribution in [1.82, 2.24) is 9.13 Å². The average Bonchev–Trinajstić information content (AvgIpc) is 3.64. The molecule has 0 radical (unpaired) electrons. The van der Waals surface area contributed by atoms with Crippen molar-refractivity contribution in [3.05, 3.63) is 175 Å². The van der Waals surface area contributed by atoms with Crippen LogP contribution in [0, 0.1) is 6.57 Å². The summed E-state index contributed by atoms with van der Waals surface area (Å²) in [5.74, 6) is 0. The van der Waals surface area contributed by atoms with E-state index in [0.717, 1.165) is 33.2 Å². The predicted molar refractivity (Wildman–Crippen MR) is 192 cm³/mol. The number of para-hydroxylation sites is 2. The van der Waals surface area contributed by atoms with Crippen molar-refractivity contribution in [3.63, 3.8) is 0 Å². The Morgan fingerprint density at radius 2 is 0.870 bits per heavy atom. The molecule has 0 spiro atoms. The van der Waals surface area contributed by atoms with Gasteiger partial charge in [0.1, 0.15) is 0 Å². The van der Waals surface area contributed by atoms with E-state index in [1.165, 1.54) is 44.1 Å². The van der Waals surface area contributed by atoms with Crippen LogP contribution in [0.5, 0.6) is 0 Å². The highest BCUT2D eigenvalue weighted by molar-refractivity contribution is 6.11. The minimum atomic E-state index is 0.659. The van der Waals surface area contributed by atoms with Crippen LogP contribution >= 0.6 is 0 Å². The van der Waals surface area contributed by atoms with Crippen molar-refractivity contribution in [2.24, 2.45) is 0 Å². The summed E-state index contributed by atoms with van der Waals surface area (Å²) in [6.45, 7) is 7.50.